The van der Waals surface area contributed by atoms with Crippen LogP contribution in [0.15, 0.2) is 30.5 Å². The standard InChI is InChI=1S/C22H26F4N4O/c1-13-8-15(28-21(31)14(2)30-11-22(25,26)12-30)10-29(9-13)18-6-5-17(20(23)24)19-16(18)4-3-7-27-19/h3-7,13-15,20H,8-12H2,1-2H3,(H,28,31). The summed E-state index contributed by atoms with van der Waals surface area (Å²) < 4.78 is 53.1. The van der Waals surface area contributed by atoms with Gasteiger partial charge in [-0.05, 0) is 43.5 Å². The Kier molecular flexibility index (Phi) is 5.81. The minimum absolute atomic E-state index is 0.102. The van der Waals surface area contributed by atoms with Crippen LogP contribution >= 0.6 is 0 Å². The molecule has 2 saturated heterocycles. The monoisotopic (exact) mass is 438 g/mol. The van der Waals surface area contributed by atoms with Crippen molar-refractivity contribution < 1.29 is 22.4 Å². The maximum Gasteiger partial charge on any atom is 0.272 e. The number of benzene rings is 1. The van der Waals surface area contributed by atoms with Gasteiger partial charge in [0.05, 0.1) is 24.6 Å². The van der Waals surface area contributed by atoms with Gasteiger partial charge in [-0.1, -0.05) is 6.92 Å². The summed E-state index contributed by atoms with van der Waals surface area (Å²) in [6.45, 7) is 4.14. The molecule has 2 aromatic rings. The number of amides is 1. The zero-order valence-electron chi connectivity index (χ0n) is 17.5. The molecule has 5 nitrogen and oxygen atoms in total. The van der Waals surface area contributed by atoms with Crippen LogP contribution < -0.4 is 10.2 Å². The van der Waals surface area contributed by atoms with Crippen molar-refractivity contribution in [2.45, 2.75) is 44.7 Å². The lowest BCUT2D eigenvalue weighted by Crippen LogP contribution is -2.63. The maximum absolute atomic E-state index is 13.4. The predicted molar refractivity (Wildman–Crippen MR) is 111 cm³/mol. The third kappa shape index (κ3) is 4.46. The quantitative estimate of drug-likeness (QED) is 0.721. The van der Waals surface area contributed by atoms with Crippen LogP contribution in [0, 0.1) is 5.92 Å². The fraction of sp³-hybridized carbons (Fsp3) is 0.545. The summed E-state index contributed by atoms with van der Waals surface area (Å²) in [5.41, 5.74) is 0.976. The van der Waals surface area contributed by atoms with Gasteiger partial charge >= 0.3 is 0 Å². The number of likely N-dealkylation sites (tertiary alicyclic amines) is 1. The topological polar surface area (TPSA) is 48.5 Å². The number of carbonyl (C=O) groups is 1. The summed E-state index contributed by atoms with van der Waals surface area (Å²) >= 11 is 0. The van der Waals surface area contributed by atoms with Gasteiger partial charge in [-0.15, -0.1) is 0 Å². The Labute approximate surface area is 178 Å². The summed E-state index contributed by atoms with van der Waals surface area (Å²) in [7, 11) is 0. The number of rotatable bonds is 5. The lowest BCUT2D eigenvalue weighted by atomic mass is 9.94. The molecule has 168 valence electrons. The number of nitrogens with zero attached hydrogens (tertiary/aromatic N) is 3. The minimum atomic E-state index is -2.72. The maximum atomic E-state index is 13.4. The van der Waals surface area contributed by atoms with Crippen LogP contribution in [-0.2, 0) is 4.79 Å². The summed E-state index contributed by atoms with van der Waals surface area (Å²) in [6, 6.07) is 5.81. The highest BCUT2D eigenvalue weighted by atomic mass is 19.3. The van der Waals surface area contributed by atoms with E-state index in [1.54, 1.807) is 25.1 Å². The molecule has 0 bridgehead atoms. The van der Waals surface area contributed by atoms with Crippen LogP contribution in [0.25, 0.3) is 10.9 Å². The van der Waals surface area contributed by atoms with Gasteiger partial charge in [0, 0.05) is 42.0 Å². The van der Waals surface area contributed by atoms with E-state index < -0.39 is 31.5 Å². The van der Waals surface area contributed by atoms with Gasteiger partial charge in [0.15, 0.2) is 0 Å². The van der Waals surface area contributed by atoms with E-state index in [-0.39, 0.29) is 28.9 Å². The van der Waals surface area contributed by atoms with E-state index in [0.29, 0.717) is 11.9 Å². The molecule has 0 saturated carbocycles. The van der Waals surface area contributed by atoms with Crippen molar-refractivity contribution in [3.8, 4) is 0 Å². The van der Waals surface area contributed by atoms with Crippen molar-refractivity contribution in [2.75, 3.05) is 31.1 Å². The third-order valence-corrected chi connectivity index (χ3v) is 6.16. The molecule has 4 rings (SSSR count). The van der Waals surface area contributed by atoms with E-state index >= 15 is 0 Å². The lowest BCUT2D eigenvalue weighted by Gasteiger charge is -2.43. The average Bonchev–Trinajstić information content (AvgIpc) is 2.69. The second-order valence-electron chi connectivity index (χ2n) is 8.76. The number of carbonyl (C=O) groups excluding carboxylic acids is 1. The van der Waals surface area contributed by atoms with Crippen molar-refractivity contribution in [3.05, 3.63) is 36.0 Å². The number of aromatic nitrogens is 1. The second-order valence-corrected chi connectivity index (χ2v) is 8.76. The molecule has 2 fully saturated rings. The molecule has 3 unspecified atom stereocenters. The molecule has 1 aromatic carbocycles. The van der Waals surface area contributed by atoms with E-state index in [9.17, 15) is 22.4 Å². The fourth-order valence-electron chi connectivity index (χ4n) is 4.59. The summed E-state index contributed by atoms with van der Waals surface area (Å²) in [4.78, 5) is 20.3. The average molecular weight is 438 g/mol. The molecular formula is C22H26F4N4O. The Hall–Kier alpha value is -2.42. The van der Waals surface area contributed by atoms with E-state index in [4.69, 9.17) is 0 Å². The highest BCUT2D eigenvalue weighted by Crippen LogP contribution is 2.35. The number of nitrogens with one attached hydrogen (secondary N) is 1. The zero-order chi connectivity index (χ0) is 22.3. The van der Waals surface area contributed by atoms with Crippen LogP contribution in [0.2, 0.25) is 0 Å². The molecule has 1 aromatic heterocycles. The highest BCUT2D eigenvalue weighted by Gasteiger charge is 2.47. The van der Waals surface area contributed by atoms with Crippen molar-refractivity contribution in [1.29, 1.82) is 0 Å². The zero-order valence-corrected chi connectivity index (χ0v) is 17.5. The third-order valence-electron chi connectivity index (χ3n) is 6.16. The summed E-state index contributed by atoms with van der Waals surface area (Å²) in [5.74, 6) is -2.73. The molecule has 1 N–H and O–H groups in total. The van der Waals surface area contributed by atoms with Gasteiger partial charge < -0.3 is 10.2 Å². The Morgan fingerprint density at radius 3 is 2.65 bits per heavy atom. The van der Waals surface area contributed by atoms with Crippen molar-refractivity contribution >= 4 is 22.5 Å². The van der Waals surface area contributed by atoms with Crippen LogP contribution in [0.3, 0.4) is 0 Å². The second kappa shape index (κ2) is 8.26. The number of alkyl halides is 4. The molecule has 9 heteroatoms. The number of hydrogen-bond donors (Lipinski definition) is 1. The number of pyridine rings is 1. The Morgan fingerprint density at radius 2 is 1.97 bits per heavy atom. The predicted octanol–water partition coefficient (Wildman–Crippen LogP) is 3.84. The minimum Gasteiger partial charge on any atom is -0.369 e. The summed E-state index contributed by atoms with van der Waals surface area (Å²) in [6.07, 6.45) is -0.356. The number of piperidine rings is 1. The lowest BCUT2D eigenvalue weighted by molar-refractivity contribution is -0.156. The van der Waals surface area contributed by atoms with Gasteiger partial charge in [-0.25, -0.2) is 17.6 Å². The molecule has 1 amide bonds. The molecule has 0 radical (unpaired) electrons. The van der Waals surface area contributed by atoms with Crippen LogP contribution in [0.4, 0.5) is 23.2 Å². The Morgan fingerprint density at radius 1 is 1.23 bits per heavy atom. The molecule has 3 atom stereocenters. The largest absolute Gasteiger partial charge is 0.369 e. The molecule has 31 heavy (non-hydrogen) atoms. The highest BCUT2D eigenvalue weighted by molar-refractivity contribution is 5.94. The number of hydrogen-bond acceptors (Lipinski definition) is 4. The Balaban J connectivity index is 1.51. The first kappa shape index (κ1) is 21.8. The molecular weight excluding hydrogens is 412 g/mol. The van der Waals surface area contributed by atoms with Crippen molar-refractivity contribution in [2.24, 2.45) is 5.92 Å². The SMILES string of the molecule is CC1CC(NC(=O)C(C)N2CC(F)(F)C2)CN(c2ccc(C(F)F)c3ncccc23)C1. The summed E-state index contributed by atoms with van der Waals surface area (Å²) in [5, 5.41) is 3.65. The molecule has 2 aliphatic heterocycles. The molecule has 0 spiro atoms. The van der Waals surface area contributed by atoms with Gasteiger partial charge in [0.2, 0.25) is 5.91 Å². The van der Waals surface area contributed by atoms with Crippen LogP contribution in [-0.4, -0.2) is 60.0 Å². The van der Waals surface area contributed by atoms with Crippen molar-refractivity contribution in [1.82, 2.24) is 15.2 Å². The van der Waals surface area contributed by atoms with Gasteiger partial charge in [0.1, 0.15) is 0 Å². The van der Waals surface area contributed by atoms with E-state index in [2.05, 4.69) is 22.1 Å². The van der Waals surface area contributed by atoms with Gasteiger partial charge in [-0.3, -0.25) is 14.7 Å². The molecule has 2 aliphatic rings. The molecule has 0 aliphatic carbocycles. The van der Waals surface area contributed by atoms with Gasteiger partial charge in [0.25, 0.3) is 12.3 Å². The Bertz CT molecular complexity index is 962. The van der Waals surface area contributed by atoms with E-state index in [1.165, 1.54) is 17.2 Å². The molecule has 3 heterocycles. The number of anilines is 1. The van der Waals surface area contributed by atoms with Gasteiger partial charge in [-0.2, -0.15) is 0 Å². The van der Waals surface area contributed by atoms with E-state index in [1.807, 2.05) is 0 Å². The smallest absolute Gasteiger partial charge is 0.272 e. The number of halogens is 4. The number of fused-ring (bicyclic) bond motifs is 1. The van der Waals surface area contributed by atoms with E-state index in [0.717, 1.165) is 18.7 Å². The first-order valence-corrected chi connectivity index (χ1v) is 10.5. The fourth-order valence-corrected chi connectivity index (χ4v) is 4.59. The van der Waals surface area contributed by atoms with Crippen molar-refractivity contribution in [3.63, 3.8) is 0 Å². The first-order chi connectivity index (χ1) is 14.6. The first-order valence-electron chi connectivity index (χ1n) is 10.5. The normalized spacial score (nSPS) is 24.8. The van der Waals surface area contributed by atoms with Crippen LogP contribution in [0.1, 0.15) is 32.3 Å². The van der Waals surface area contributed by atoms with Crippen LogP contribution in [0.5, 0.6) is 0 Å².